The average Bonchev–Trinajstić information content (AvgIpc) is 2.81. The van der Waals surface area contributed by atoms with Gasteiger partial charge in [-0.2, -0.15) is 0 Å². The van der Waals surface area contributed by atoms with Crippen molar-refractivity contribution in [3.05, 3.63) is 51.0 Å². The Morgan fingerprint density at radius 3 is 2.95 bits per heavy atom. The molecule has 0 bridgehead atoms. The Kier molecular flexibility index (Phi) is 4.00. The highest BCUT2D eigenvalue weighted by Gasteiger charge is 2.08. The van der Waals surface area contributed by atoms with Crippen molar-refractivity contribution < 1.29 is 4.92 Å². The first-order valence-corrected chi connectivity index (χ1v) is 5.96. The van der Waals surface area contributed by atoms with Gasteiger partial charge in [-0.25, -0.2) is 0 Å². The molecule has 0 fully saturated rings. The van der Waals surface area contributed by atoms with Gasteiger partial charge in [-0.15, -0.1) is 0 Å². The maximum absolute atomic E-state index is 10.7. The SMILES string of the molecule is [N-]=[N+]=NCCCCn1ccc2cc([N+](=O)[O-])ccc21. The van der Waals surface area contributed by atoms with E-state index in [4.69, 9.17) is 5.53 Å². The summed E-state index contributed by atoms with van der Waals surface area (Å²) in [7, 11) is 0. The molecule has 2 aromatic rings. The van der Waals surface area contributed by atoms with Crippen molar-refractivity contribution in [1.82, 2.24) is 4.57 Å². The Morgan fingerprint density at radius 2 is 2.21 bits per heavy atom. The Bertz CT molecular complexity index is 643. The van der Waals surface area contributed by atoms with Crippen molar-refractivity contribution in [1.29, 1.82) is 0 Å². The van der Waals surface area contributed by atoms with Gasteiger partial charge < -0.3 is 4.57 Å². The van der Waals surface area contributed by atoms with E-state index in [-0.39, 0.29) is 5.69 Å². The average molecular weight is 259 g/mol. The van der Waals surface area contributed by atoms with Crippen molar-refractivity contribution in [2.24, 2.45) is 5.11 Å². The smallest absolute Gasteiger partial charge is 0.270 e. The Morgan fingerprint density at radius 1 is 1.37 bits per heavy atom. The second kappa shape index (κ2) is 5.88. The number of aromatic nitrogens is 1. The summed E-state index contributed by atoms with van der Waals surface area (Å²) in [5.74, 6) is 0. The molecule has 0 saturated heterocycles. The third-order valence-electron chi connectivity index (χ3n) is 2.94. The number of nitro benzene ring substituents is 1. The highest BCUT2D eigenvalue weighted by molar-refractivity contribution is 5.82. The molecule has 7 heteroatoms. The number of aryl methyl sites for hydroxylation is 1. The molecule has 7 nitrogen and oxygen atoms in total. The molecular weight excluding hydrogens is 246 g/mol. The van der Waals surface area contributed by atoms with E-state index < -0.39 is 4.92 Å². The Hall–Kier alpha value is -2.53. The highest BCUT2D eigenvalue weighted by atomic mass is 16.6. The minimum atomic E-state index is -0.392. The van der Waals surface area contributed by atoms with E-state index >= 15 is 0 Å². The van der Waals surface area contributed by atoms with Crippen LogP contribution in [0.3, 0.4) is 0 Å². The molecule has 0 saturated carbocycles. The third-order valence-corrected chi connectivity index (χ3v) is 2.94. The maximum atomic E-state index is 10.7. The van der Waals surface area contributed by atoms with Crippen LogP contribution in [0.5, 0.6) is 0 Å². The molecule has 0 atom stereocenters. The lowest BCUT2D eigenvalue weighted by atomic mass is 10.2. The lowest BCUT2D eigenvalue weighted by Gasteiger charge is -2.04. The summed E-state index contributed by atoms with van der Waals surface area (Å²) in [6.07, 6.45) is 3.65. The zero-order valence-electron chi connectivity index (χ0n) is 10.3. The number of nitro groups is 1. The number of azide groups is 1. The number of nitrogens with zero attached hydrogens (tertiary/aromatic N) is 5. The van der Waals surface area contributed by atoms with E-state index in [0.717, 1.165) is 30.3 Å². The van der Waals surface area contributed by atoms with Crippen molar-refractivity contribution in [3.63, 3.8) is 0 Å². The Labute approximate surface area is 109 Å². The largest absolute Gasteiger partial charge is 0.347 e. The molecular formula is C12H13N5O2. The van der Waals surface area contributed by atoms with E-state index in [1.54, 1.807) is 12.1 Å². The molecule has 1 aromatic heterocycles. The highest BCUT2D eigenvalue weighted by Crippen LogP contribution is 2.22. The number of rotatable bonds is 6. The van der Waals surface area contributed by atoms with Crippen LogP contribution in [0.25, 0.3) is 21.3 Å². The third kappa shape index (κ3) is 3.02. The van der Waals surface area contributed by atoms with Gasteiger partial charge in [-0.05, 0) is 30.5 Å². The molecule has 0 aliphatic heterocycles. The van der Waals surface area contributed by atoms with Crippen molar-refractivity contribution in [3.8, 4) is 0 Å². The van der Waals surface area contributed by atoms with Crippen LogP contribution in [-0.2, 0) is 6.54 Å². The molecule has 0 aliphatic rings. The van der Waals surface area contributed by atoms with E-state index in [9.17, 15) is 10.1 Å². The lowest BCUT2D eigenvalue weighted by molar-refractivity contribution is -0.384. The monoisotopic (exact) mass is 259 g/mol. The fourth-order valence-corrected chi connectivity index (χ4v) is 2.01. The van der Waals surface area contributed by atoms with E-state index in [0.29, 0.717) is 6.54 Å². The van der Waals surface area contributed by atoms with Gasteiger partial charge in [-0.1, -0.05) is 5.11 Å². The molecule has 0 aliphatic carbocycles. The van der Waals surface area contributed by atoms with Gasteiger partial charge in [0.1, 0.15) is 0 Å². The molecule has 0 unspecified atom stereocenters. The zero-order valence-corrected chi connectivity index (χ0v) is 10.3. The fourth-order valence-electron chi connectivity index (χ4n) is 2.01. The minimum absolute atomic E-state index is 0.105. The van der Waals surface area contributed by atoms with Gasteiger partial charge in [0.2, 0.25) is 0 Å². The first-order valence-electron chi connectivity index (χ1n) is 5.96. The summed E-state index contributed by atoms with van der Waals surface area (Å²) in [6, 6.07) is 6.72. The molecule has 19 heavy (non-hydrogen) atoms. The van der Waals surface area contributed by atoms with Gasteiger partial charge >= 0.3 is 0 Å². The van der Waals surface area contributed by atoms with Crippen molar-refractivity contribution >= 4 is 16.6 Å². The Balaban J connectivity index is 2.08. The quantitative estimate of drug-likeness (QED) is 0.197. The number of hydrogen-bond acceptors (Lipinski definition) is 3. The van der Waals surface area contributed by atoms with Gasteiger partial charge in [0, 0.05) is 47.2 Å². The molecule has 1 aromatic carbocycles. The van der Waals surface area contributed by atoms with Crippen LogP contribution in [0, 0.1) is 10.1 Å². The molecule has 0 amide bonds. The minimum Gasteiger partial charge on any atom is -0.347 e. The first kappa shape index (κ1) is 12.9. The topological polar surface area (TPSA) is 96.8 Å². The second-order valence-electron chi connectivity index (χ2n) is 4.17. The number of unbranched alkanes of at least 4 members (excludes halogenated alkanes) is 1. The van der Waals surface area contributed by atoms with E-state index in [1.165, 1.54) is 6.07 Å². The van der Waals surface area contributed by atoms with Crippen molar-refractivity contribution in [2.75, 3.05) is 6.54 Å². The molecule has 0 N–H and O–H groups in total. The molecule has 1 heterocycles. The van der Waals surface area contributed by atoms with Crippen molar-refractivity contribution in [2.45, 2.75) is 19.4 Å². The number of benzene rings is 1. The summed E-state index contributed by atoms with van der Waals surface area (Å²) in [6.45, 7) is 1.31. The van der Waals surface area contributed by atoms with Crippen LogP contribution in [0.4, 0.5) is 5.69 Å². The standard InChI is InChI=1S/C12H13N5O2/c13-15-14-6-1-2-7-16-8-5-10-9-11(17(18)19)3-4-12(10)16/h3-5,8-9H,1-2,6-7H2. The predicted octanol–water partition coefficient (Wildman–Crippen LogP) is 3.64. The van der Waals surface area contributed by atoms with Gasteiger partial charge in [-0.3, -0.25) is 10.1 Å². The van der Waals surface area contributed by atoms with Crippen LogP contribution >= 0.6 is 0 Å². The van der Waals surface area contributed by atoms with E-state index in [1.807, 2.05) is 12.3 Å². The van der Waals surface area contributed by atoms with Crippen LogP contribution in [0.15, 0.2) is 35.6 Å². The summed E-state index contributed by atoms with van der Waals surface area (Å²) in [4.78, 5) is 13.0. The second-order valence-corrected chi connectivity index (χ2v) is 4.17. The summed E-state index contributed by atoms with van der Waals surface area (Å²) >= 11 is 0. The fraction of sp³-hybridized carbons (Fsp3) is 0.333. The van der Waals surface area contributed by atoms with Crippen LogP contribution in [-0.4, -0.2) is 16.0 Å². The summed E-state index contributed by atoms with van der Waals surface area (Å²) in [5.41, 5.74) is 9.25. The predicted molar refractivity (Wildman–Crippen MR) is 71.8 cm³/mol. The number of fused-ring (bicyclic) bond motifs is 1. The maximum Gasteiger partial charge on any atom is 0.270 e. The molecule has 2 rings (SSSR count). The lowest BCUT2D eigenvalue weighted by Crippen LogP contribution is -1.97. The number of hydrogen-bond donors (Lipinski definition) is 0. The summed E-state index contributed by atoms with van der Waals surface area (Å²) < 4.78 is 2.05. The van der Waals surface area contributed by atoms with Gasteiger partial charge in [0.05, 0.1) is 4.92 Å². The van der Waals surface area contributed by atoms with Crippen LogP contribution in [0.2, 0.25) is 0 Å². The van der Waals surface area contributed by atoms with Crippen LogP contribution < -0.4 is 0 Å². The molecule has 0 spiro atoms. The zero-order chi connectivity index (χ0) is 13.7. The first-order chi connectivity index (χ1) is 9.22. The molecule has 98 valence electrons. The van der Waals surface area contributed by atoms with Gasteiger partial charge in [0.25, 0.3) is 5.69 Å². The summed E-state index contributed by atoms with van der Waals surface area (Å²) in [5, 5.41) is 15.0. The molecule has 0 radical (unpaired) electrons. The van der Waals surface area contributed by atoms with Crippen LogP contribution in [0.1, 0.15) is 12.8 Å². The van der Waals surface area contributed by atoms with E-state index in [2.05, 4.69) is 14.6 Å². The normalized spacial score (nSPS) is 10.3. The number of non-ortho nitro benzene ring substituents is 1. The van der Waals surface area contributed by atoms with Gasteiger partial charge in [0.15, 0.2) is 0 Å².